The standard InChI is InChI=1S/C26H29FN2O/c1-18-9-11-20(12-10-18)23(22-13-14-24(27)19(2)17-22)15-16-29-25(26(30)28-3)21-7-5-4-6-8-21/h4-14,17,23,25,29H,15-16H2,1-3H3,(H,28,30)/t23-,25+/m0/s1. The first-order chi connectivity index (χ1) is 14.5. The number of hydrogen-bond acceptors (Lipinski definition) is 2. The third kappa shape index (κ3) is 5.33. The number of carbonyl (C=O) groups is 1. The van der Waals surface area contributed by atoms with Crippen LogP contribution in [0.4, 0.5) is 4.39 Å². The van der Waals surface area contributed by atoms with Gasteiger partial charge in [0.2, 0.25) is 5.91 Å². The maximum absolute atomic E-state index is 13.8. The van der Waals surface area contributed by atoms with E-state index in [4.69, 9.17) is 0 Å². The topological polar surface area (TPSA) is 41.1 Å². The Morgan fingerprint density at radius 2 is 1.57 bits per heavy atom. The minimum absolute atomic E-state index is 0.0642. The van der Waals surface area contributed by atoms with E-state index in [0.29, 0.717) is 12.1 Å². The van der Waals surface area contributed by atoms with Crippen molar-refractivity contribution in [1.82, 2.24) is 10.6 Å². The van der Waals surface area contributed by atoms with Crippen molar-refractivity contribution in [2.45, 2.75) is 32.2 Å². The molecule has 0 radical (unpaired) electrons. The summed E-state index contributed by atoms with van der Waals surface area (Å²) in [6.45, 7) is 4.50. The molecule has 0 aliphatic rings. The van der Waals surface area contributed by atoms with Crippen LogP contribution < -0.4 is 10.6 Å². The molecular formula is C26H29FN2O. The Balaban J connectivity index is 1.81. The Bertz CT molecular complexity index is 970. The fourth-order valence-corrected chi connectivity index (χ4v) is 3.73. The lowest BCUT2D eigenvalue weighted by Gasteiger charge is -2.22. The molecule has 3 aromatic carbocycles. The van der Waals surface area contributed by atoms with Crippen molar-refractivity contribution in [2.75, 3.05) is 13.6 Å². The number of nitrogens with one attached hydrogen (secondary N) is 2. The number of hydrogen-bond donors (Lipinski definition) is 2. The second-order valence-electron chi connectivity index (χ2n) is 7.67. The maximum Gasteiger partial charge on any atom is 0.241 e. The zero-order chi connectivity index (χ0) is 21.5. The highest BCUT2D eigenvalue weighted by Gasteiger charge is 2.20. The van der Waals surface area contributed by atoms with Crippen LogP contribution in [0.5, 0.6) is 0 Å². The first-order valence-electron chi connectivity index (χ1n) is 10.3. The van der Waals surface area contributed by atoms with Gasteiger partial charge in [-0.15, -0.1) is 0 Å². The molecule has 0 bridgehead atoms. The van der Waals surface area contributed by atoms with E-state index in [2.05, 4.69) is 41.8 Å². The van der Waals surface area contributed by atoms with E-state index in [0.717, 1.165) is 17.5 Å². The summed E-state index contributed by atoms with van der Waals surface area (Å²) in [5, 5.41) is 6.15. The van der Waals surface area contributed by atoms with E-state index in [1.54, 1.807) is 14.0 Å². The summed E-state index contributed by atoms with van der Waals surface area (Å²) in [5.41, 5.74) is 5.04. The van der Waals surface area contributed by atoms with E-state index in [1.165, 1.54) is 17.2 Å². The van der Waals surface area contributed by atoms with Gasteiger partial charge in [0.25, 0.3) is 0 Å². The largest absolute Gasteiger partial charge is 0.358 e. The molecule has 1 amide bonds. The molecule has 0 aliphatic carbocycles. The molecule has 0 spiro atoms. The summed E-state index contributed by atoms with van der Waals surface area (Å²) in [4.78, 5) is 12.4. The van der Waals surface area contributed by atoms with Crippen LogP contribution in [0.25, 0.3) is 0 Å². The van der Waals surface area contributed by atoms with Crippen LogP contribution in [0.1, 0.15) is 46.2 Å². The Labute approximate surface area is 178 Å². The quantitative estimate of drug-likeness (QED) is 0.552. The Morgan fingerprint density at radius 1 is 0.900 bits per heavy atom. The fraction of sp³-hybridized carbons (Fsp3) is 0.269. The molecule has 0 saturated carbocycles. The second kappa shape index (κ2) is 10.2. The number of rotatable bonds is 8. The number of amides is 1. The van der Waals surface area contributed by atoms with Crippen molar-refractivity contribution in [3.8, 4) is 0 Å². The molecule has 0 heterocycles. The van der Waals surface area contributed by atoms with Gasteiger partial charge in [-0.2, -0.15) is 0 Å². The lowest BCUT2D eigenvalue weighted by atomic mass is 9.87. The van der Waals surface area contributed by atoms with Gasteiger partial charge in [0.05, 0.1) is 0 Å². The van der Waals surface area contributed by atoms with Crippen molar-refractivity contribution >= 4 is 5.91 Å². The first kappa shape index (κ1) is 21.7. The molecule has 0 aromatic heterocycles. The predicted octanol–water partition coefficient (Wildman–Crippen LogP) is 5.04. The van der Waals surface area contributed by atoms with Crippen molar-refractivity contribution < 1.29 is 9.18 Å². The Hall–Kier alpha value is -2.98. The van der Waals surface area contributed by atoms with Crippen LogP contribution in [-0.2, 0) is 4.79 Å². The van der Waals surface area contributed by atoms with Gasteiger partial charge in [-0.25, -0.2) is 4.39 Å². The van der Waals surface area contributed by atoms with E-state index in [1.807, 2.05) is 42.5 Å². The number of halogens is 1. The summed E-state index contributed by atoms with van der Waals surface area (Å²) in [5.74, 6) is -0.146. The molecule has 30 heavy (non-hydrogen) atoms. The molecule has 4 heteroatoms. The van der Waals surface area contributed by atoms with Crippen molar-refractivity contribution in [3.05, 3.63) is 106 Å². The molecule has 0 fully saturated rings. The number of likely N-dealkylation sites (N-methyl/N-ethyl adjacent to an activating group) is 1. The summed E-state index contributed by atoms with van der Waals surface area (Å²) >= 11 is 0. The van der Waals surface area contributed by atoms with Crippen LogP contribution in [0, 0.1) is 19.7 Å². The van der Waals surface area contributed by atoms with Crippen LogP contribution >= 0.6 is 0 Å². The molecule has 2 atom stereocenters. The lowest BCUT2D eigenvalue weighted by molar-refractivity contribution is -0.122. The fourth-order valence-electron chi connectivity index (χ4n) is 3.73. The highest BCUT2D eigenvalue weighted by Crippen LogP contribution is 2.29. The van der Waals surface area contributed by atoms with Crippen molar-refractivity contribution in [2.24, 2.45) is 0 Å². The van der Waals surface area contributed by atoms with Gasteiger partial charge in [0.1, 0.15) is 11.9 Å². The molecule has 0 saturated heterocycles. The maximum atomic E-state index is 13.8. The Morgan fingerprint density at radius 3 is 2.20 bits per heavy atom. The average Bonchev–Trinajstić information content (AvgIpc) is 2.77. The molecule has 0 aliphatic heterocycles. The first-order valence-corrected chi connectivity index (χ1v) is 10.3. The summed E-state index contributed by atoms with van der Waals surface area (Å²) in [7, 11) is 1.65. The molecule has 3 rings (SSSR count). The molecule has 2 N–H and O–H groups in total. The van der Waals surface area contributed by atoms with Gasteiger partial charge < -0.3 is 10.6 Å². The second-order valence-corrected chi connectivity index (χ2v) is 7.67. The summed E-state index contributed by atoms with van der Waals surface area (Å²) in [6, 6.07) is 23.1. The van der Waals surface area contributed by atoms with Gasteiger partial charge in [0.15, 0.2) is 0 Å². The van der Waals surface area contributed by atoms with Crippen LogP contribution in [0.3, 0.4) is 0 Å². The van der Waals surface area contributed by atoms with Crippen molar-refractivity contribution in [1.29, 1.82) is 0 Å². The Kier molecular flexibility index (Phi) is 7.36. The highest BCUT2D eigenvalue weighted by molar-refractivity contribution is 5.82. The molecule has 3 nitrogen and oxygen atoms in total. The molecular weight excluding hydrogens is 375 g/mol. The number of carbonyl (C=O) groups excluding carboxylic acids is 1. The number of benzene rings is 3. The predicted molar refractivity (Wildman–Crippen MR) is 120 cm³/mol. The summed E-state index contributed by atoms with van der Waals surface area (Å²) in [6.07, 6.45) is 0.786. The summed E-state index contributed by atoms with van der Waals surface area (Å²) < 4.78 is 13.8. The van der Waals surface area contributed by atoms with E-state index in [9.17, 15) is 9.18 Å². The monoisotopic (exact) mass is 404 g/mol. The lowest BCUT2D eigenvalue weighted by Crippen LogP contribution is -2.36. The minimum atomic E-state index is -0.412. The van der Waals surface area contributed by atoms with E-state index < -0.39 is 6.04 Å². The van der Waals surface area contributed by atoms with E-state index in [-0.39, 0.29) is 17.6 Å². The van der Waals surface area contributed by atoms with Gasteiger partial charge in [0, 0.05) is 13.0 Å². The van der Waals surface area contributed by atoms with E-state index >= 15 is 0 Å². The molecule has 156 valence electrons. The van der Waals surface area contributed by atoms with Crippen LogP contribution in [0.15, 0.2) is 72.8 Å². The van der Waals surface area contributed by atoms with Crippen LogP contribution in [0.2, 0.25) is 0 Å². The van der Waals surface area contributed by atoms with Gasteiger partial charge in [-0.3, -0.25) is 4.79 Å². The third-order valence-electron chi connectivity index (χ3n) is 5.49. The van der Waals surface area contributed by atoms with Crippen LogP contribution in [-0.4, -0.2) is 19.5 Å². The highest BCUT2D eigenvalue weighted by atomic mass is 19.1. The van der Waals surface area contributed by atoms with Gasteiger partial charge >= 0.3 is 0 Å². The molecule has 0 unspecified atom stereocenters. The zero-order valence-electron chi connectivity index (χ0n) is 17.8. The normalized spacial score (nSPS) is 12.9. The average molecular weight is 405 g/mol. The number of aryl methyl sites for hydroxylation is 2. The third-order valence-corrected chi connectivity index (χ3v) is 5.49. The smallest absolute Gasteiger partial charge is 0.241 e. The minimum Gasteiger partial charge on any atom is -0.358 e. The SMILES string of the molecule is CNC(=O)[C@H](NCC[C@@H](c1ccc(C)cc1)c1ccc(F)c(C)c1)c1ccccc1. The van der Waals surface area contributed by atoms with Crippen molar-refractivity contribution in [3.63, 3.8) is 0 Å². The molecule has 3 aromatic rings. The van der Waals surface area contributed by atoms with Gasteiger partial charge in [-0.05, 0) is 55.1 Å². The zero-order valence-corrected chi connectivity index (χ0v) is 17.8. The van der Waals surface area contributed by atoms with Gasteiger partial charge in [-0.1, -0.05) is 72.3 Å².